The first-order chi connectivity index (χ1) is 8.44. The fourth-order valence-corrected chi connectivity index (χ4v) is 3.94. The van der Waals surface area contributed by atoms with Gasteiger partial charge >= 0.3 is 0 Å². The number of hydrogen-bond donors (Lipinski definition) is 1. The lowest BCUT2D eigenvalue weighted by molar-refractivity contribution is 0.000262. The average Bonchev–Trinajstić information content (AvgIpc) is 2.32. The van der Waals surface area contributed by atoms with E-state index in [1.807, 2.05) is 0 Å². The highest BCUT2D eigenvalue weighted by molar-refractivity contribution is 4.97. The van der Waals surface area contributed by atoms with Crippen molar-refractivity contribution in [2.45, 2.75) is 77.9 Å². The third-order valence-corrected chi connectivity index (χ3v) is 5.42. The molecule has 106 valence electrons. The topological polar surface area (TPSA) is 15.3 Å². The molecule has 1 aliphatic heterocycles. The summed E-state index contributed by atoms with van der Waals surface area (Å²) >= 11 is 0. The van der Waals surface area contributed by atoms with Crippen LogP contribution in [0.25, 0.3) is 0 Å². The van der Waals surface area contributed by atoms with Crippen molar-refractivity contribution >= 4 is 0 Å². The lowest BCUT2D eigenvalue weighted by Crippen LogP contribution is -2.65. The predicted octanol–water partition coefficient (Wildman–Crippen LogP) is 3.27. The Morgan fingerprint density at radius 2 is 1.94 bits per heavy atom. The van der Waals surface area contributed by atoms with Crippen molar-refractivity contribution in [1.82, 2.24) is 10.2 Å². The van der Waals surface area contributed by atoms with Gasteiger partial charge in [-0.25, -0.2) is 0 Å². The van der Waals surface area contributed by atoms with Gasteiger partial charge in [-0.2, -0.15) is 0 Å². The molecule has 2 heteroatoms. The summed E-state index contributed by atoms with van der Waals surface area (Å²) in [6.07, 6.45) is 5.56. The lowest BCUT2D eigenvalue weighted by Gasteiger charge is -2.51. The van der Waals surface area contributed by atoms with Crippen molar-refractivity contribution in [3.63, 3.8) is 0 Å². The minimum Gasteiger partial charge on any atom is -0.309 e. The van der Waals surface area contributed by atoms with Crippen LogP contribution < -0.4 is 5.32 Å². The number of piperazine rings is 1. The van der Waals surface area contributed by atoms with Crippen LogP contribution in [0.4, 0.5) is 0 Å². The van der Waals surface area contributed by atoms with Gasteiger partial charge in [0, 0.05) is 30.7 Å². The third-order valence-electron chi connectivity index (χ3n) is 5.42. The van der Waals surface area contributed by atoms with E-state index in [-0.39, 0.29) is 5.54 Å². The molecule has 0 bridgehead atoms. The van der Waals surface area contributed by atoms with Gasteiger partial charge in [0.05, 0.1) is 0 Å². The van der Waals surface area contributed by atoms with Gasteiger partial charge in [0.15, 0.2) is 0 Å². The van der Waals surface area contributed by atoms with E-state index < -0.39 is 0 Å². The summed E-state index contributed by atoms with van der Waals surface area (Å²) in [6.45, 7) is 14.4. The van der Waals surface area contributed by atoms with E-state index in [1.165, 1.54) is 38.8 Å². The van der Waals surface area contributed by atoms with Gasteiger partial charge in [0.25, 0.3) is 0 Å². The number of nitrogens with zero attached hydrogens (tertiary/aromatic N) is 1. The van der Waals surface area contributed by atoms with Gasteiger partial charge < -0.3 is 5.32 Å². The smallest absolute Gasteiger partial charge is 0.0253 e. The molecule has 0 amide bonds. The van der Waals surface area contributed by atoms with Crippen molar-refractivity contribution in [2.24, 2.45) is 11.8 Å². The maximum absolute atomic E-state index is 3.71. The number of rotatable bonds is 2. The van der Waals surface area contributed by atoms with Crippen molar-refractivity contribution in [1.29, 1.82) is 0 Å². The molecule has 2 fully saturated rings. The molecule has 1 N–H and O–H groups in total. The quantitative estimate of drug-likeness (QED) is 0.811. The van der Waals surface area contributed by atoms with E-state index >= 15 is 0 Å². The minimum absolute atomic E-state index is 0.284. The SMILES string of the molecule is CCC1CNC(C)(C)CN1C1CCCC(C)C1C. The standard InChI is InChI=1S/C16H32N2/c1-6-14-10-17-16(4,5)11-18(14)15-9-7-8-12(2)13(15)3/h12-15,17H,6-11H2,1-5H3. The van der Waals surface area contributed by atoms with Crippen LogP contribution >= 0.6 is 0 Å². The van der Waals surface area contributed by atoms with Crippen LogP contribution in [0.5, 0.6) is 0 Å². The first-order valence-corrected chi connectivity index (χ1v) is 7.95. The second kappa shape index (κ2) is 5.50. The van der Waals surface area contributed by atoms with E-state index in [0.29, 0.717) is 0 Å². The maximum atomic E-state index is 3.71. The Hall–Kier alpha value is -0.0800. The molecule has 1 saturated carbocycles. The summed E-state index contributed by atoms with van der Waals surface area (Å²) in [6, 6.07) is 1.57. The Kier molecular flexibility index (Phi) is 4.38. The summed E-state index contributed by atoms with van der Waals surface area (Å²) in [5.74, 6) is 1.76. The largest absolute Gasteiger partial charge is 0.309 e. The molecule has 4 atom stereocenters. The van der Waals surface area contributed by atoms with Crippen LogP contribution in [0.15, 0.2) is 0 Å². The lowest BCUT2D eigenvalue weighted by atomic mass is 9.76. The molecule has 2 aliphatic rings. The highest BCUT2D eigenvalue weighted by Crippen LogP contribution is 2.35. The Morgan fingerprint density at radius 3 is 2.61 bits per heavy atom. The third kappa shape index (κ3) is 2.91. The zero-order valence-corrected chi connectivity index (χ0v) is 13.0. The summed E-state index contributed by atoms with van der Waals surface area (Å²) in [5.41, 5.74) is 0.284. The molecule has 1 aliphatic carbocycles. The van der Waals surface area contributed by atoms with Crippen LogP contribution in [-0.4, -0.2) is 35.6 Å². The molecule has 2 rings (SSSR count). The van der Waals surface area contributed by atoms with Gasteiger partial charge in [-0.05, 0) is 38.5 Å². The fourth-order valence-electron chi connectivity index (χ4n) is 3.94. The van der Waals surface area contributed by atoms with Crippen LogP contribution in [0.3, 0.4) is 0 Å². The zero-order valence-electron chi connectivity index (χ0n) is 13.0. The Balaban J connectivity index is 2.11. The summed E-state index contributed by atoms with van der Waals surface area (Å²) in [5, 5.41) is 3.71. The Bertz CT molecular complexity index is 274. The Labute approximate surface area is 114 Å². The molecule has 0 radical (unpaired) electrons. The first-order valence-electron chi connectivity index (χ1n) is 7.95. The fraction of sp³-hybridized carbons (Fsp3) is 1.00. The van der Waals surface area contributed by atoms with Crippen LogP contribution in [-0.2, 0) is 0 Å². The molecule has 4 unspecified atom stereocenters. The van der Waals surface area contributed by atoms with E-state index in [4.69, 9.17) is 0 Å². The summed E-state index contributed by atoms with van der Waals surface area (Å²) in [7, 11) is 0. The van der Waals surface area contributed by atoms with E-state index in [2.05, 4.69) is 44.8 Å². The molecule has 0 aromatic rings. The molecule has 1 heterocycles. The molecule has 0 spiro atoms. The van der Waals surface area contributed by atoms with Gasteiger partial charge in [0.2, 0.25) is 0 Å². The highest BCUT2D eigenvalue weighted by atomic mass is 15.3. The minimum atomic E-state index is 0.284. The average molecular weight is 252 g/mol. The number of nitrogens with one attached hydrogen (secondary N) is 1. The van der Waals surface area contributed by atoms with Crippen molar-refractivity contribution in [3.8, 4) is 0 Å². The normalized spacial score (nSPS) is 41.8. The number of hydrogen-bond acceptors (Lipinski definition) is 2. The summed E-state index contributed by atoms with van der Waals surface area (Å²) < 4.78 is 0. The maximum Gasteiger partial charge on any atom is 0.0253 e. The first kappa shape index (κ1) is 14.3. The molecular weight excluding hydrogens is 220 g/mol. The van der Waals surface area contributed by atoms with Crippen LogP contribution in [0.2, 0.25) is 0 Å². The van der Waals surface area contributed by atoms with Gasteiger partial charge in [-0.1, -0.05) is 33.6 Å². The van der Waals surface area contributed by atoms with Gasteiger partial charge in [-0.15, -0.1) is 0 Å². The molecule has 0 aromatic carbocycles. The van der Waals surface area contributed by atoms with E-state index in [1.54, 1.807) is 0 Å². The van der Waals surface area contributed by atoms with Gasteiger partial charge in [-0.3, -0.25) is 4.90 Å². The van der Waals surface area contributed by atoms with Crippen molar-refractivity contribution < 1.29 is 0 Å². The van der Waals surface area contributed by atoms with E-state index in [9.17, 15) is 0 Å². The predicted molar refractivity (Wildman–Crippen MR) is 78.8 cm³/mol. The molecule has 18 heavy (non-hydrogen) atoms. The highest BCUT2D eigenvalue weighted by Gasteiger charge is 2.39. The Morgan fingerprint density at radius 1 is 1.22 bits per heavy atom. The van der Waals surface area contributed by atoms with Crippen molar-refractivity contribution in [2.75, 3.05) is 13.1 Å². The van der Waals surface area contributed by atoms with Gasteiger partial charge in [0.1, 0.15) is 0 Å². The van der Waals surface area contributed by atoms with Crippen LogP contribution in [0.1, 0.15) is 60.3 Å². The van der Waals surface area contributed by atoms with Crippen LogP contribution in [0, 0.1) is 11.8 Å². The summed E-state index contributed by atoms with van der Waals surface area (Å²) in [4.78, 5) is 2.84. The second-order valence-corrected chi connectivity index (χ2v) is 7.33. The van der Waals surface area contributed by atoms with E-state index in [0.717, 1.165) is 23.9 Å². The molecule has 1 saturated heterocycles. The van der Waals surface area contributed by atoms with Crippen molar-refractivity contribution in [3.05, 3.63) is 0 Å². The molecular formula is C16H32N2. The molecule has 2 nitrogen and oxygen atoms in total. The zero-order chi connectivity index (χ0) is 13.3. The molecule has 0 aromatic heterocycles. The second-order valence-electron chi connectivity index (χ2n) is 7.33. The monoisotopic (exact) mass is 252 g/mol.